The molecule has 0 aromatic heterocycles. The SMILES string of the molecule is CC[C@H](C)COc1cc(C(=O)OC)cc(C(=O)OC)c1. The van der Waals surface area contributed by atoms with Gasteiger partial charge in [-0.25, -0.2) is 9.59 Å². The summed E-state index contributed by atoms with van der Waals surface area (Å²) in [6.07, 6.45) is 0.987. The minimum Gasteiger partial charge on any atom is -0.493 e. The van der Waals surface area contributed by atoms with E-state index in [1.54, 1.807) is 12.1 Å². The summed E-state index contributed by atoms with van der Waals surface area (Å²) in [4.78, 5) is 23.2. The molecule has 0 aliphatic carbocycles. The van der Waals surface area contributed by atoms with Crippen molar-refractivity contribution < 1.29 is 23.8 Å². The van der Waals surface area contributed by atoms with Gasteiger partial charge in [0.2, 0.25) is 0 Å². The molecule has 0 amide bonds. The van der Waals surface area contributed by atoms with Crippen LogP contribution in [-0.4, -0.2) is 32.8 Å². The van der Waals surface area contributed by atoms with Crippen LogP contribution in [0.15, 0.2) is 18.2 Å². The van der Waals surface area contributed by atoms with Crippen LogP contribution in [0.5, 0.6) is 5.75 Å². The van der Waals surface area contributed by atoms with Crippen LogP contribution in [0.2, 0.25) is 0 Å². The molecule has 0 radical (unpaired) electrons. The molecule has 0 unspecified atom stereocenters. The molecule has 0 fully saturated rings. The molecular weight excluding hydrogens is 260 g/mol. The van der Waals surface area contributed by atoms with E-state index in [1.165, 1.54) is 20.3 Å². The van der Waals surface area contributed by atoms with Crippen molar-refractivity contribution >= 4 is 11.9 Å². The molecular formula is C15H20O5. The van der Waals surface area contributed by atoms with Gasteiger partial charge in [-0.05, 0) is 24.1 Å². The van der Waals surface area contributed by atoms with E-state index in [4.69, 9.17) is 4.74 Å². The lowest BCUT2D eigenvalue weighted by molar-refractivity contribution is 0.0598. The van der Waals surface area contributed by atoms with Crippen LogP contribution in [0.25, 0.3) is 0 Å². The Morgan fingerprint density at radius 2 is 1.55 bits per heavy atom. The van der Waals surface area contributed by atoms with Crippen LogP contribution in [0.4, 0.5) is 0 Å². The van der Waals surface area contributed by atoms with Crippen LogP contribution >= 0.6 is 0 Å². The van der Waals surface area contributed by atoms with Crippen LogP contribution in [0, 0.1) is 5.92 Å². The zero-order valence-corrected chi connectivity index (χ0v) is 12.3. The van der Waals surface area contributed by atoms with Crippen LogP contribution in [0.1, 0.15) is 41.0 Å². The topological polar surface area (TPSA) is 61.8 Å². The smallest absolute Gasteiger partial charge is 0.338 e. The zero-order valence-electron chi connectivity index (χ0n) is 12.3. The van der Waals surface area contributed by atoms with Crippen molar-refractivity contribution in [2.75, 3.05) is 20.8 Å². The fraction of sp³-hybridized carbons (Fsp3) is 0.467. The summed E-state index contributed by atoms with van der Waals surface area (Å²) in [6.45, 7) is 4.64. The summed E-state index contributed by atoms with van der Waals surface area (Å²) in [5.41, 5.74) is 0.518. The Kier molecular flexibility index (Phi) is 6.03. The number of rotatable bonds is 6. The first-order valence-electron chi connectivity index (χ1n) is 6.46. The average molecular weight is 280 g/mol. The summed E-state index contributed by atoms with van der Waals surface area (Å²) in [7, 11) is 2.57. The summed E-state index contributed by atoms with van der Waals surface area (Å²) in [6, 6.07) is 4.54. The lowest BCUT2D eigenvalue weighted by Crippen LogP contribution is -2.10. The Bertz CT molecular complexity index is 447. The van der Waals surface area contributed by atoms with Gasteiger partial charge in [0, 0.05) is 0 Å². The summed E-state index contributed by atoms with van der Waals surface area (Å²) in [5.74, 6) is -0.208. The van der Waals surface area contributed by atoms with E-state index >= 15 is 0 Å². The van der Waals surface area contributed by atoms with Crippen molar-refractivity contribution in [3.63, 3.8) is 0 Å². The van der Waals surface area contributed by atoms with Crippen molar-refractivity contribution in [3.05, 3.63) is 29.3 Å². The van der Waals surface area contributed by atoms with Gasteiger partial charge < -0.3 is 14.2 Å². The molecule has 1 atom stereocenters. The van der Waals surface area contributed by atoms with E-state index in [9.17, 15) is 9.59 Å². The predicted octanol–water partition coefficient (Wildman–Crippen LogP) is 2.68. The van der Waals surface area contributed by atoms with Crippen molar-refractivity contribution in [2.24, 2.45) is 5.92 Å². The highest BCUT2D eigenvalue weighted by Gasteiger charge is 2.14. The van der Waals surface area contributed by atoms with Gasteiger partial charge in [0.15, 0.2) is 0 Å². The standard InChI is InChI=1S/C15H20O5/c1-5-10(2)9-20-13-7-11(14(16)18-3)6-12(8-13)15(17)19-4/h6-8,10H,5,9H2,1-4H3/t10-/m0/s1. The second-order valence-corrected chi connectivity index (χ2v) is 4.55. The molecule has 0 aliphatic rings. The lowest BCUT2D eigenvalue weighted by atomic mass is 10.1. The van der Waals surface area contributed by atoms with Crippen molar-refractivity contribution in [3.8, 4) is 5.75 Å². The molecule has 1 rings (SSSR count). The summed E-state index contributed by atoms with van der Waals surface area (Å²) in [5, 5.41) is 0. The second-order valence-electron chi connectivity index (χ2n) is 4.55. The third-order valence-electron chi connectivity index (χ3n) is 2.98. The fourth-order valence-corrected chi connectivity index (χ4v) is 1.51. The number of carbonyl (C=O) groups is 2. The van der Waals surface area contributed by atoms with Gasteiger partial charge in [-0.2, -0.15) is 0 Å². The molecule has 0 N–H and O–H groups in total. The highest BCUT2D eigenvalue weighted by molar-refractivity contribution is 5.96. The van der Waals surface area contributed by atoms with Crippen LogP contribution in [0.3, 0.4) is 0 Å². The zero-order chi connectivity index (χ0) is 15.1. The number of hydrogen-bond donors (Lipinski definition) is 0. The van der Waals surface area contributed by atoms with Gasteiger partial charge in [0.1, 0.15) is 5.75 Å². The fourth-order valence-electron chi connectivity index (χ4n) is 1.51. The molecule has 0 saturated heterocycles. The van der Waals surface area contributed by atoms with Crippen molar-refractivity contribution in [2.45, 2.75) is 20.3 Å². The Morgan fingerprint density at radius 3 is 1.95 bits per heavy atom. The van der Waals surface area contributed by atoms with E-state index in [2.05, 4.69) is 23.3 Å². The van der Waals surface area contributed by atoms with Crippen molar-refractivity contribution in [1.29, 1.82) is 0 Å². The second kappa shape index (κ2) is 7.53. The monoisotopic (exact) mass is 280 g/mol. The first-order chi connectivity index (χ1) is 9.51. The molecule has 5 heteroatoms. The third-order valence-corrected chi connectivity index (χ3v) is 2.98. The number of methoxy groups -OCH3 is 2. The average Bonchev–Trinajstić information content (AvgIpc) is 2.50. The van der Waals surface area contributed by atoms with Gasteiger partial charge in [-0.1, -0.05) is 20.3 Å². The van der Waals surface area contributed by atoms with E-state index in [0.717, 1.165) is 6.42 Å². The first kappa shape index (κ1) is 16.0. The minimum absolute atomic E-state index is 0.259. The molecule has 20 heavy (non-hydrogen) atoms. The molecule has 0 bridgehead atoms. The molecule has 1 aromatic carbocycles. The maximum Gasteiger partial charge on any atom is 0.338 e. The van der Waals surface area contributed by atoms with Crippen molar-refractivity contribution in [1.82, 2.24) is 0 Å². The maximum absolute atomic E-state index is 11.6. The van der Waals surface area contributed by atoms with Crippen LogP contribution < -0.4 is 4.74 Å². The number of esters is 2. The molecule has 5 nitrogen and oxygen atoms in total. The summed E-state index contributed by atoms with van der Waals surface area (Å²) < 4.78 is 14.9. The molecule has 0 saturated carbocycles. The van der Waals surface area contributed by atoms with Gasteiger partial charge >= 0.3 is 11.9 Å². The van der Waals surface area contributed by atoms with Gasteiger partial charge in [0.05, 0.1) is 32.0 Å². The highest BCUT2D eigenvalue weighted by Crippen LogP contribution is 2.20. The van der Waals surface area contributed by atoms with E-state index in [-0.39, 0.29) is 11.1 Å². The van der Waals surface area contributed by atoms with E-state index in [0.29, 0.717) is 18.3 Å². The van der Waals surface area contributed by atoms with Gasteiger partial charge in [-0.15, -0.1) is 0 Å². The minimum atomic E-state index is -0.524. The first-order valence-corrected chi connectivity index (χ1v) is 6.46. The number of hydrogen-bond acceptors (Lipinski definition) is 5. The third kappa shape index (κ3) is 4.26. The highest BCUT2D eigenvalue weighted by atomic mass is 16.5. The Balaban J connectivity index is 3.03. The molecule has 110 valence electrons. The normalized spacial score (nSPS) is 11.6. The Labute approximate surface area is 118 Å². The van der Waals surface area contributed by atoms with Crippen LogP contribution in [-0.2, 0) is 9.47 Å². The predicted molar refractivity (Wildman–Crippen MR) is 74.1 cm³/mol. The van der Waals surface area contributed by atoms with Gasteiger partial charge in [0.25, 0.3) is 0 Å². The molecule has 0 heterocycles. The molecule has 1 aromatic rings. The lowest BCUT2D eigenvalue weighted by Gasteiger charge is -2.12. The van der Waals surface area contributed by atoms with E-state index in [1.807, 2.05) is 0 Å². The van der Waals surface area contributed by atoms with E-state index < -0.39 is 11.9 Å². The Morgan fingerprint density at radius 1 is 1.05 bits per heavy atom. The summed E-state index contributed by atoms with van der Waals surface area (Å²) >= 11 is 0. The number of ether oxygens (including phenoxy) is 3. The number of carbonyl (C=O) groups excluding carboxylic acids is 2. The Hall–Kier alpha value is -2.04. The largest absolute Gasteiger partial charge is 0.493 e. The molecule has 0 aliphatic heterocycles. The number of benzene rings is 1. The van der Waals surface area contributed by atoms with Gasteiger partial charge in [-0.3, -0.25) is 0 Å². The quantitative estimate of drug-likeness (QED) is 0.750. The maximum atomic E-state index is 11.6. The molecule has 0 spiro atoms.